The second-order valence-corrected chi connectivity index (χ2v) is 2.27. The van der Waals surface area contributed by atoms with E-state index in [9.17, 15) is 4.39 Å². The number of alkyl halides is 1. The van der Waals surface area contributed by atoms with Gasteiger partial charge in [0.25, 0.3) is 0 Å². The molecule has 0 unspecified atom stereocenters. The molecule has 0 saturated heterocycles. The highest BCUT2D eigenvalue weighted by Crippen LogP contribution is 1.98. The van der Waals surface area contributed by atoms with Gasteiger partial charge < -0.3 is 0 Å². The molecule has 0 amide bonds. The predicted molar refractivity (Wildman–Crippen MR) is 36.2 cm³/mol. The number of hydrogen-bond acceptors (Lipinski definition) is 1. The van der Waals surface area contributed by atoms with Crippen molar-refractivity contribution in [1.82, 2.24) is 4.90 Å². The molecule has 1 nitrogen and oxygen atoms in total. The van der Waals surface area contributed by atoms with Crippen molar-refractivity contribution in [1.29, 1.82) is 0 Å². The van der Waals surface area contributed by atoms with Gasteiger partial charge in [0, 0.05) is 19.6 Å². The van der Waals surface area contributed by atoms with Gasteiger partial charge in [-0.3, -0.25) is 9.29 Å². The van der Waals surface area contributed by atoms with E-state index in [-0.39, 0.29) is 6.67 Å². The van der Waals surface area contributed by atoms with Crippen LogP contribution in [0.1, 0.15) is 6.42 Å². The van der Waals surface area contributed by atoms with Crippen LogP contribution in [0.2, 0.25) is 0 Å². The third-order valence-electron chi connectivity index (χ3n) is 1.50. The third kappa shape index (κ3) is 2.14. The van der Waals surface area contributed by atoms with Crippen LogP contribution < -0.4 is 0 Å². The lowest BCUT2D eigenvalue weighted by atomic mass is 10.4. The Balaban J connectivity index is 2.01. The molecular formula is C7H12FN. The highest BCUT2D eigenvalue weighted by Gasteiger charge is 2.03. The Bertz CT molecular complexity index is 93.1. The first-order chi connectivity index (χ1) is 4.43. The van der Waals surface area contributed by atoms with Gasteiger partial charge in [-0.1, -0.05) is 12.2 Å². The average Bonchev–Trinajstić information content (AvgIpc) is 2.34. The van der Waals surface area contributed by atoms with E-state index in [0.717, 1.165) is 19.6 Å². The topological polar surface area (TPSA) is 3.24 Å². The molecule has 0 bridgehead atoms. The van der Waals surface area contributed by atoms with Crippen LogP contribution in [-0.2, 0) is 0 Å². The standard InChI is InChI=1S/C7H12FN/c8-4-3-7-9-5-1-2-6-9/h1-2H,3-7H2. The summed E-state index contributed by atoms with van der Waals surface area (Å²) < 4.78 is 11.6. The molecule has 1 rings (SSSR count). The van der Waals surface area contributed by atoms with Crippen molar-refractivity contribution in [3.05, 3.63) is 12.2 Å². The Morgan fingerprint density at radius 2 is 2.00 bits per heavy atom. The van der Waals surface area contributed by atoms with Crippen molar-refractivity contribution in [3.63, 3.8) is 0 Å². The van der Waals surface area contributed by atoms with Gasteiger partial charge in [-0.25, -0.2) is 0 Å². The number of rotatable bonds is 3. The summed E-state index contributed by atoms with van der Waals surface area (Å²) >= 11 is 0. The summed E-state index contributed by atoms with van der Waals surface area (Å²) in [6, 6.07) is 0. The molecule has 0 N–H and O–H groups in total. The van der Waals surface area contributed by atoms with E-state index in [1.165, 1.54) is 0 Å². The summed E-state index contributed by atoms with van der Waals surface area (Å²) in [7, 11) is 0. The van der Waals surface area contributed by atoms with Crippen LogP contribution in [-0.4, -0.2) is 31.2 Å². The molecule has 0 aromatic carbocycles. The van der Waals surface area contributed by atoms with E-state index in [1.54, 1.807) is 0 Å². The summed E-state index contributed by atoms with van der Waals surface area (Å²) in [4.78, 5) is 2.22. The smallest absolute Gasteiger partial charge is 0.0906 e. The quantitative estimate of drug-likeness (QED) is 0.518. The Morgan fingerprint density at radius 3 is 2.56 bits per heavy atom. The molecule has 1 aliphatic heterocycles. The van der Waals surface area contributed by atoms with Crippen LogP contribution in [0.3, 0.4) is 0 Å². The van der Waals surface area contributed by atoms with Crippen LogP contribution in [0.25, 0.3) is 0 Å². The van der Waals surface area contributed by atoms with Crippen molar-refractivity contribution in [2.75, 3.05) is 26.3 Å². The lowest BCUT2D eigenvalue weighted by Crippen LogP contribution is -2.21. The molecule has 1 aliphatic rings. The first-order valence-electron chi connectivity index (χ1n) is 3.37. The van der Waals surface area contributed by atoms with E-state index < -0.39 is 0 Å². The second kappa shape index (κ2) is 3.62. The maximum absolute atomic E-state index is 11.6. The molecule has 0 saturated carbocycles. The third-order valence-corrected chi connectivity index (χ3v) is 1.50. The first kappa shape index (κ1) is 6.75. The van der Waals surface area contributed by atoms with E-state index in [0.29, 0.717) is 6.42 Å². The molecule has 0 radical (unpaired) electrons. The van der Waals surface area contributed by atoms with Gasteiger partial charge in [-0.2, -0.15) is 0 Å². The fourth-order valence-electron chi connectivity index (χ4n) is 0.988. The average molecular weight is 129 g/mol. The summed E-state index contributed by atoms with van der Waals surface area (Å²) in [6.07, 6.45) is 4.93. The minimum atomic E-state index is -0.184. The molecule has 0 spiro atoms. The van der Waals surface area contributed by atoms with Gasteiger partial charge in [0.15, 0.2) is 0 Å². The van der Waals surface area contributed by atoms with E-state index in [1.807, 2.05) is 0 Å². The normalized spacial score (nSPS) is 19.2. The van der Waals surface area contributed by atoms with Crippen molar-refractivity contribution in [2.45, 2.75) is 6.42 Å². The van der Waals surface area contributed by atoms with E-state index in [4.69, 9.17) is 0 Å². The van der Waals surface area contributed by atoms with E-state index in [2.05, 4.69) is 17.1 Å². The fraction of sp³-hybridized carbons (Fsp3) is 0.714. The maximum Gasteiger partial charge on any atom is 0.0906 e. The number of hydrogen-bond donors (Lipinski definition) is 0. The molecule has 0 aromatic rings. The molecule has 0 atom stereocenters. The molecule has 0 fully saturated rings. The molecule has 9 heavy (non-hydrogen) atoms. The Morgan fingerprint density at radius 1 is 1.33 bits per heavy atom. The van der Waals surface area contributed by atoms with Crippen LogP contribution in [0, 0.1) is 0 Å². The minimum Gasteiger partial charge on any atom is -0.296 e. The summed E-state index contributed by atoms with van der Waals surface area (Å²) in [6.45, 7) is 2.75. The monoisotopic (exact) mass is 129 g/mol. The molecule has 0 aliphatic carbocycles. The molecule has 2 heteroatoms. The van der Waals surface area contributed by atoms with Crippen LogP contribution in [0.4, 0.5) is 4.39 Å². The van der Waals surface area contributed by atoms with Crippen molar-refractivity contribution in [3.8, 4) is 0 Å². The summed E-state index contributed by atoms with van der Waals surface area (Å²) in [5, 5.41) is 0. The minimum absolute atomic E-state index is 0.184. The lowest BCUT2D eigenvalue weighted by Gasteiger charge is -2.11. The van der Waals surface area contributed by atoms with E-state index >= 15 is 0 Å². The number of nitrogens with zero attached hydrogens (tertiary/aromatic N) is 1. The number of halogens is 1. The molecular weight excluding hydrogens is 117 g/mol. The summed E-state index contributed by atoms with van der Waals surface area (Å²) in [5.74, 6) is 0. The first-order valence-corrected chi connectivity index (χ1v) is 3.37. The van der Waals surface area contributed by atoms with Gasteiger partial charge in [-0.05, 0) is 6.42 Å². The maximum atomic E-state index is 11.6. The van der Waals surface area contributed by atoms with Crippen LogP contribution >= 0.6 is 0 Å². The molecule has 52 valence electrons. The van der Waals surface area contributed by atoms with Gasteiger partial charge in [-0.15, -0.1) is 0 Å². The SMILES string of the molecule is FCCCN1CC=CC1. The Labute approximate surface area is 55.2 Å². The van der Waals surface area contributed by atoms with Crippen molar-refractivity contribution < 1.29 is 4.39 Å². The summed E-state index contributed by atoms with van der Waals surface area (Å²) in [5.41, 5.74) is 0. The molecule has 1 heterocycles. The Kier molecular flexibility index (Phi) is 2.71. The molecule has 0 aromatic heterocycles. The zero-order valence-electron chi connectivity index (χ0n) is 5.52. The van der Waals surface area contributed by atoms with Crippen LogP contribution in [0.15, 0.2) is 12.2 Å². The predicted octanol–water partition coefficient (Wildman–Crippen LogP) is 1.22. The largest absolute Gasteiger partial charge is 0.296 e. The van der Waals surface area contributed by atoms with Crippen molar-refractivity contribution >= 4 is 0 Å². The van der Waals surface area contributed by atoms with Gasteiger partial charge in [0.2, 0.25) is 0 Å². The zero-order valence-corrected chi connectivity index (χ0v) is 5.52. The Hall–Kier alpha value is -0.370. The second-order valence-electron chi connectivity index (χ2n) is 2.27. The van der Waals surface area contributed by atoms with Gasteiger partial charge >= 0.3 is 0 Å². The lowest BCUT2D eigenvalue weighted by molar-refractivity contribution is 0.323. The van der Waals surface area contributed by atoms with Gasteiger partial charge in [0.1, 0.15) is 0 Å². The van der Waals surface area contributed by atoms with Crippen molar-refractivity contribution in [2.24, 2.45) is 0 Å². The highest BCUT2D eigenvalue weighted by atomic mass is 19.1. The highest BCUT2D eigenvalue weighted by molar-refractivity contribution is 4.94. The van der Waals surface area contributed by atoms with Crippen LogP contribution in [0.5, 0.6) is 0 Å². The van der Waals surface area contributed by atoms with Gasteiger partial charge in [0.05, 0.1) is 6.67 Å². The fourth-order valence-corrected chi connectivity index (χ4v) is 0.988. The zero-order chi connectivity index (χ0) is 6.53.